The van der Waals surface area contributed by atoms with Crippen molar-refractivity contribution in [2.45, 2.75) is 18.6 Å². The first-order chi connectivity index (χ1) is 10.2. The van der Waals surface area contributed by atoms with Crippen molar-refractivity contribution in [1.82, 2.24) is 0 Å². The molecule has 1 N–H and O–H groups in total. The Hall–Kier alpha value is -1.94. The van der Waals surface area contributed by atoms with Gasteiger partial charge in [-0.15, -0.1) is 0 Å². The lowest BCUT2D eigenvalue weighted by molar-refractivity contribution is 0.0826. The van der Waals surface area contributed by atoms with Crippen molar-refractivity contribution in [3.8, 4) is 0 Å². The number of halogens is 2. The summed E-state index contributed by atoms with van der Waals surface area (Å²) in [4.78, 5) is 0. The first kappa shape index (κ1) is 12.8. The molecule has 0 bridgehead atoms. The van der Waals surface area contributed by atoms with Gasteiger partial charge in [-0.3, -0.25) is 0 Å². The van der Waals surface area contributed by atoms with Gasteiger partial charge in [0.1, 0.15) is 11.6 Å². The fraction of sp³-hybridized carbons (Fsp3) is 0.294. The smallest absolute Gasteiger partial charge is 0.123 e. The van der Waals surface area contributed by atoms with E-state index in [9.17, 15) is 8.78 Å². The van der Waals surface area contributed by atoms with Crippen LogP contribution in [-0.4, -0.2) is 6.61 Å². The average molecular weight is 287 g/mol. The first-order valence-corrected chi connectivity index (χ1v) is 7.15. The van der Waals surface area contributed by atoms with E-state index >= 15 is 0 Å². The second-order valence-corrected chi connectivity index (χ2v) is 5.65. The minimum absolute atomic E-state index is 0.0658. The molecule has 0 aromatic heterocycles. The van der Waals surface area contributed by atoms with Crippen LogP contribution in [0, 0.1) is 17.6 Å². The lowest BCUT2D eigenvalue weighted by atomic mass is 9.81. The zero-order valence-corrected chi connectivity index (χ0v) is 11.4. The van der Waals surface area contributed by atoms with Crippen LogP contribution in [-0.2, 0) is 4.74 Å². The summed E-state index contributed by atoms with van der Waals surface area (Å²) in [5, 5.41) is 3.46. The van der Waals surface area contributed by atoms with Gasteiger partial charge in [-0.1, -0.05) is 12.1 Å². The van der Waals surface area contributed by atoms with E-state index in [1.54, 1.807) is 24.3 Å². The van der Waals surface area contributed by atoms with Gasteiger partial charge in [0.2, 0.25) is 0 Å². The minimum Gasteiger partial charge on any atom is -0.378 e. The molecule has 108 valence electrons. The van der Waals surface area contributed by atoms with Crippen LogP contribution in [0.5, 0.6) is 0 Å². The second-order valence-electron chi connectivity index (χ2n) is 5.65. The maximum atomic E-state index is 13.5. The molecule has 0 saturated carbocycles. The summed E-state index contributed by atoms with van der Waals surface area (Å²) in [6.45, 7) is 0.671. The van der Waals surface area contributed by atoms with Gasteiger partial charge >= 0.3 is 0 Å². The largest absolute Gasteiger partial charge is 0.378 e. The fourth-order valence-corrected chi connectivity index (χ4v) is 3.44. The van der Waals surface area contributed by atoms with Crippen molar-refractivity contribution in [2.75, 3.05) is 11.9 Å². The molecule has 0 radical (unpaired) electrons. The normalized spacial score (nSPS) is 26.9. The highest BCUT2D eigenvalue weighted by Gasteiger charge is 2.41. The molecule has 21 heavy (non-hydrogen) atoms. The summed E-state index contributed by atoms with van der Waals surface area (Å²) < 4.78 is 32.4. The number of anilines is 1. The molecule has 2 aliphatic rings. The van der Waals surface area contributed by atoms with E-state index in [-0.39, 0.29) is 29.7 Å². The number of ether oxygens (including phenoxy) is 1. The number of fused-ring (bicyclic) bond motifs is 3. The summed E-state index contributed by atoms with van der Waals surface area (Å²) in [7, 11) is 0. The van der Waals surface area contributed by atoms with Crippen LogP contribution in [0.15, 0.2) is 42.5 Å². The van der Waals surface area contributed by atoms with Gasteiger partial charge in [0.25, 0.3) is 0 Å². The third-order valence-electron chi connectivity index (χ3n) is 4.43. The van der Waals surface area contributed by atoms with Crippen LogP contribution < -0.4 is 5.32 Å². The van der Waals surface area contributed by atoms with Crippen LogP contribution in [0.3, 0.4) is 0 Å². The van der Waals surface area contributed by atoms with Gasteiger partial charge in [-0.25, -0.2) is 8.78 Å². The Morgan fingerprint density at radius 2 is 1.76 bits per heavy atom. The Morgan fingerprint density at radius 3 is 2.57 bits per heavy atom. The number of benzene rings is 2. The van der Waals surface area contributed by atoms with E-state index in [1.807, 2.05) is 0 Å². The molecular weight excluding hydrogens is 272 g/mol. The predicted octanol–water partition coefficient (Wildman–Crippen LogP) is 4.21. The average Bonchev–Trinajstić information content (AvgIpc) is 2.97. The Bertz CT molecular complexity index is 671. The monoisotopic (exact) mass is 287 g/mol. The molecule has 3 atom stereocenters. The van der Waals surface area contributed by atoms with E-state index in [2.05, 4.69) is 5.32 Å². The Balaban J connectivity index is 1.77. The number of hydrogen-bond acceptors (Lipinski definition) is 2. The van der Waals surface area contributed by atoms with Gasteiger partial charge in [0.15, 0.2) is 0 Å². The van der Waals surface area contributed by atoms with E-state index in [0.29, 0.717) is 6.61 Å². The Labute approximate surface area is 121 Å². The molecule has 0 aliphatic carbocycles. The van der Waals surface area contributed by atoms with Crippen molar-refractivity contribution in [3.05, 3.63) is 65.2 Å². The highest BCUT2D eigenvalue weighted by Crippen LogP contribution is 2.49. The van der Waals surface area contributed by atoms with Crippen LogP contribution in [0.25, 0.3) is 0 Å². The molecule has 2 nitrogen and oxygen atoms in total. The van der Waals surface area contributed by atoms with Crippen LogP contribution in [0.2, 0.25) is 0 Å². The molecule has 4 rings (SSSR count). The van der Waals surface area contributed by atoms with Crippen molar-refractivity contribution < 1.29 is 13.5 Å². The van der Waals surface area contributed by atoms with Gasteiger partial charge in [-0.2, -0.15) is 0 Å². The molecule has 2 aromatic rings. The molecule has 0 amide bonds. The molecule has 2 aliphatic heterocycles. The van der Waals surface area contributed by atoms with Gasteiger partial charge < -0.3 is 10.1 Å². The van der Waals surface area contributed by atoms with E-state index in [1.165, 1.54) is 18.2 Å². The summed E-state index contributed by atoms with van der Waals surface area (Å²) in [6.07, 6.45) is 0.822. The second kappa shape index (κ2) is 4.81. The van der Waals surface area contributed by atoms with Gasteiger partial charge in [-0.05, 0) is 42.3 Å². The number of nitrogens with one attached hydrogen (secondary N) is 1. The first-order valence-electron chi connectivity index (χ1n) is 7.15. The molecule has 2 heterocycles. The van der Waals surface area contributed by atoms with Crippen LogP contribution in [0.4, 0.5) is 14.5 Å². The Morgan fingerprint density at radius 1 is 1.00 bits per heavy atom. The van der Waals surface area contributed by atoms with Crippen molar-refractivity contribution in [1.29, 1.82) is 0 Å². The van der Waals surface area contributed by atoms with Crippen molar-refractivity contribution in [2.24, 2.45) is 5.92 Å². The quantitative estimate of drug-likeness (QED) is 0.848. The zero-order valence-electron chi connectivity index (χ0n) is 11.4. The highest BCUT2D eigenvalue weighted by molar-refractivity contribution is 5.57. The van der Waals surface area contributed by atoms with E-state index in [4.69, 9.17) is 4.74 Å². The molecule has 3 unspecified atom stereocenters. The third-order valence-corrected chi connectivity index (χ3v) is 4.43. The van der Waals surface area contributed by atoms with Crippen molar-refractivity contribution >= 4 is 5.69 Å². The van der Waals surface area contributed by atoms with Crippen LogP contribution in [0.1, 0.15) is 29.7 Å². The minimum atomic E-state index is -0.245. The molecule has 0 spiro atoms. The summed E-state index contributed by atoms with van der Waals surface area (Å²) in [6, 6.07) is 11.4. The fourth-order valence-electron chi connectivity index (χ4n) is 3.44. The lowest BCUT2D eigenvalue weighted by Crippen LogP contribution is -2.29. The lowest BCUT2D eigenvalue weighted by Gasteiger charge is -2.36. The summed E-state index contributed by atoms with van der Waals surface area (Å²) in [5.41, 5.74) is 2.82. The topological polar surface area (TPSA) is 21.3 Å². The third kappa shape index (κ3) is 2.10. The molecule has 4 heteroatoms. The standard InChI is InChI=1S/C17H15F2NO/c18-11-3-1-10(2-4-11)16-13-7-8-21-17(13)14-9-12(19)5-6-15(14)20-16/h1-6,9,13,16-17,20H,7-8H2. The number of hydrogen-bond donors (Lipinski definition) is 1. The zero-order chi connectivity index (χ0) is 14.4. The molecule has 2 aromatic carbocycles. The van der Waals surface area contributed by atoms with Crippen molar-refractivity contribution in [3.63, 3.8) is 0 Å². The Kier molecular flexibility index (Phi) is 2.93. The number of rotatable bonds is 1. The van der Waals surface area contributed by atoms with E-state index in [0.717, 1.165) is 23.2 Å². The highest BCUT2D eigenvalue weighted by atomic mass is 19.1. The maximum absolute atomic E-state index is 13.5. The molecule has 1 saturated heterocycles. The SMILES string of the molecule is Fc1ccc(C2Nc3ccc(F)cc3C3OCCC23)cc1. The molecule has 1 fully saturated rings. The molecular formula is C17H15F2NO. The van der Waals surface area contributed by atoms with E-state index < -0.39 is 0 Å². The van der Waals surface area contributed by atoms with Crippen LogP contribution >= 0.6 is 0 Å². The summed E-state index contributed by atoms with van der Waals surface area (Å²) in [5.74, 6) is -0.244. The summed E-state index contributed by atoms with van der Waals surface area (Å²) >= 11 is 0. The maximum Gasteiger partial charge on any atom is 0.123 e. The van der Waals surface area contributed by atoms with Gasteiger partial charge in [0.05, 0.1) is 12.1 Å². The van der Waals surface area contributed by atoms with Gasteiger partial charge in [0, 0.05) is 23.8 Å². The predicted molar refractivity (Wildman–Crippen MR) is 76.0 cm³/mol.